The minimum atomic E-state index is -4.45. The minimum absolute atomic E-state index is 0.0526. The van der Waals surface area contributed by atoms with Gasteiger partial charge in [0, 0.05) is 24.5 Å². The van der Waals surface area contributed by atoms with Gasteiger partial charge in [0.25, 0.3) is 0 Å². The number of ether oxygens (including phenoxy) is 1. The first-order valence-corrected chi connectivity index (χ1v) is 10.4. The highest BCUT2D eigenvalue weighted by Crippen LogP contribution is 2.28. The van der Waals surface area contributed by atoms with Crippen molar-refractivity contribution in [3.8, 4) is 0 Å². The predicted octanol–water partition coefficient (Wildman–Crippen LogP) is 3.46. The van der Waals surface area contributed by atoms with Crippen LogP contribution in [0.5, 0.6) is 0 Å². The number of nitrogens with zero attached hydrogens (tertiary/aromatic N) is 1. The fraction of sp³-hybridized carbons (Fsp3) is 0.765. The van der Waals surface area contributed by atoms with E-state index < -0.39 is 50.7 Å². The summed E-state index contributed by atoms with van der Waals surface area (Å²) in [5.41, 5.74) is 0.00360. The fourth-order valence-electron chi connectivity index (χ4n) is 2.21. The van der Waals surface area contributed by atoms with Crippen LogP contribution in [0, 0.1) is 0 Å². The zero-order valence-corrected chi connectivity index (χ0v) is 17.5. The molecule has 1 N–H and O–H groups in total. The van der Waals surface area contributed by atoms with Crippen molar-refractivity contribution in [1.29, 1.82) is 0 Å². The molecule has 1 amide bonds. The van der Waals surface area contributed by atoms with Crippen molar-refractivity contribution < 1.29 is 35.6 Å². The van der Waals surface area contributed by atoms with Crippen LogP contribution in [0.3, 0.4) is 0 Å². The Morgan fingerprint density at radius 1 is 1.25 bits per heavy atom. The molecule has 1 aromatic rings. The Kier molecular flexibility index (Phi) is 7.68. The number of carbonyl (C=O) groups is 1. The molecule has 0 saturated heterocycles. The van der Waals surface area contributed by atoms with E-state index in [-0.39, 0.29) is 5.88 Å². The lowest BCUT2D eigenvalue weighted by atomic mass is 9.90. The maximum absolute atomic E-state index is 12.4. The van der Waals surface area contributed by atoms with Crippen molar-refractivity contribution in [2.75, 3.05) is 24.3 Å². The molecule has 0 spiro atoms. The molecular formula is C17H27F3N2O5S. The minimum Gasteiger partial charge on any atom is -0.381 e. The van der Waals surface area contributed by atoms with Gasteiger partial charge in [-0.2, -0.15) is 13.2 Å². The number of aromatic nitrogens is 1. The molecule has 0 aromatic carbocycles. The molecular weight excluding hydrogens is 401 g/mol. The number of hydrogen-bond donors (Lipinski definition) is 1. The number of halogens is 3. The third kappa shape index (κ3) is 6.47. The van der Waals surface area contributed by atoms with Crippen molar-refractivity contribution in [2.45, 2.75) is 63.8 Å². The Hall–Kier alpha value is -1.62. The summed E-state index contributed by atoms with van der Waals surface area (Å²) in [4.78, 5) is 12.4. The molecule has 0 aliphatic rings. The summed E-state index contributed by atoms with van der Waals surface area (Å²) in [6.07, 6.45) is -6.29. The molecule has 162 valence electrons. The molecule has 11 heteroatoms. The van der Waals surface area contributed by atoms with E-state index >= 15 is 0 Å². The summed E-state index contributed by atoms with van der Waals surface area (Å²) in [6.45, 7) is 8.74. The Labute approximate surface area is 162 Å². The van der Waals surface area contributed by atoms with Crippen molar-refractivity contribution >= 4 is 21.6 Å². The van der Waals surface area contributed by atoms with Gasteiger partial charge in [0.1, 0.15) is 4.75 Å². The maximum atomic E-state index is 12.4. The van der Waals surface area contributed by atoms with Gasteiger partial charge in [0.2, 0.25) is 11.8 Å². The van der Waals surface area contributed by atoms with Gasteiger partial charge >= 0.3 is 6.18 Å². The van der Waals surface area contributed by atoms with E-state index in [0.29, 0.717) is 18.9 Å². The van der Waals surface area contributed by atoms with Crippen LogP contribution in [0.2, 0.25) is 0 Å². The SMILES string of the molecule is CCOCC(C)(C)c1cc(NC(=O)C(C)(C)S(=O)(=O)CCCC(F)(F)F)on1. The van der Waals surface area contributed by atoms with Gasteiger partial charge in [-0.3, -0.25) is 10.1 Å². The zero-order chi connectivity index (χ0) is 21.8. The van der Waals surface area contributed by atoms with Gasteiger partial charge in [0.05, 0.1) is 18.1 Å². The standard InChI is InChI=1S/C17H27F3N2O5S/c1-6-26-11-15(2,3)12-10-13(27-22-12)21-14(23)16(4,5)28(24,25)9-7-8-17(18,19)20/h10H,6-9,11H2,1-5H3,(H,21,23). The van der Waals surface area contributed by atoms with E-state index in [1.54, 1.807) is 0 Å². The molecule has 0 radical (unpaired) electrons. The number of carbonyl (C=O) groups excluding carboxylic acids is 1. The summed E-state index contributed by atoms with van der Waals surface area (Å²) in [7, 11) is -4.13. The largest absolute Gasteiger partial charge is 0.389 e. The third-order valence-electron chi connectivity index (χ3n) is 4.30. The van der Waals surface area contributed by atoms with Gasteiger partial charge < -0.3 is 9.26 Å². The van der Waals surface area contributed by atoms with E-state index in [0.717, 1.165) is 13.8 Å². The van der Waals surface area contributed by atoms with E-state index in [9.17, 15) is 26.4 Å². The number of nitrogens with one attached hydrogen (secondary N) is 1. The zero-order valence-electron chi connectivity index (χ0n) is 16.6. The van der Waals surface area contributed by atoms with Gasteiger partial charge in [-0.1, -0.05) is 19.0 Å². The number of rotatable bonds is 10. The van der Waals surface area contributed by atoms with Crippen LogP contribution in [0.1, 0.15) is 53.2 Å². The molecule has 0 unspecified atom stereocenters. The molecule has 0 bridgehead atoms. The van der Waals surface area contributed by atoms with E-state index in [1.807, 2.05) is 20.8 Å². The lowest BCUT2D eigenvalue weighted by molar-refractivity contribution is -0.134. The Morgan fingerprint density at radius 2 is 1.86 bits per heavy atom. The number of alkyl halides is 3. The Balaban J connectivity index is 2.83. The Morgan fingerprint density at radius 3 is 2.39 bits per heavy atom. The highest BCUT2D eigenvalue weighted by molar-refractivity contribution is 7.93. The van der Waals surface area contributed by atoms with Crippen LogP contribution in [-0.4, -0.2) is 49.4 Å². The van der Waals surface area contributed by atoms with E-state index in [4.69, 9.17) is 9.26 Å². The van der Waals surface area contributed by atoms with Crippen LogP contribution < -0.4 is 5.32 Å². The molecule has 1 heterocycles. The summed E-state index contributed by atoms with van der Waals surface area (Å²) in [5.74, 6) is -1.72. The molecule has 28 heavy (non-hydrogen) atoms. The van der Waals surface area contributed by atoms with Crippen LogP contribution >= 0.6 is 0 Å². The van der Waals surface area contributed by atoms with Gasteiger partial charge in [-0.25, -0.2) is 8.42 Å². The lowest BCUT2D eigenvalue weighted by Gasteiger charge is -2.23. The Bertz CT molecular complexity index is 770. The van der Waals surface area contributed by atoms with Crippen molar-refractivity contribution in [2.24, 2.45) is 0 Å². The first-order chi connectivity index (χ1) is 12.6. The van der Waals surface area contributed by atoms with Gasteiger partial charge in [0.15, 0.2) is 9.84 Å². The molecule has 1 aromatic heterocycles. The van der Waals surface area contributed by atoms with Crippen LogP contribution in [0.4, 0.5) is 19.1 Å². The second kappa shape index (κ2) is 8.81. The molecule has 0 aliphatic heterocycles. The monoisotopic (exact) mass is 428 g/mol. The van der Waals surface area contributed by atoms with Crippen LogP contribution in [-0.2, 0) is 24.8 Å². The number of amides is 1. The topological polar surface area (TPSA) is 98.5 Å². The molecule has 7 nitrogen and oxygen atoms in total. The smallest absolute Gasteiger partial charge is 0.381 e. The van der Waals surface area contributed by atoms with Crippen molar-refractivity contribution in [3.63, 3.8) is 0 Å². The fourth-order valence-corrected chi connectivity index (χ4v) is 3.57. The van der Waals surface area contributed by atoms with E-state index in [2.05, 4.69) is 10.5 Å². The predicted molar refractivity (Wildman–Crippen MR) is 97.8 cm³/mol. The normalized spacial score (nSPS) is 13.6. The summed E-state index contributed by atoms with van der Waals surface area (Å²) in [5, 5.41) is 6.20. The van der Waals surface area contributed by atoms with Gasteiger partial charge in [-0.05, 0) is 27.2 Å². The molecule has 0 fully saturated rings. The number of sulfone groups is 1. The average Bonchev–Trinajstić information content (AvgIpc) is 3.00. The van der Waals surface area contributed by atoms with Crippen LogP contribution in [0.15, 0.2) is 10.6 Å². The lowest BCUT2D eigenvalue weighted by Crippen LogP contribution is -2.45. The first-order valence-electron chi connectivity index (χ1n) is 8.78. The van der Waals surface area contributed by atoms with E-state index in [1.165, 1.54) is 6.07 Å². The third-order valence-corrected chi connectivity index (χ3v) is 6.87. The van der Waals surface area contributed by atoms with Crippen molar-refractivity contribution in [1.82, 2.24) is 5.16 Å². The van der Waals surface area contributed by atoms with Gasteiger partial charge in [-0.15, -0.1) is 0 Å². The van der Waals surface area contributed by atoms with Crippen molar-refractivity contribution in [3.05, 3.63) is 11.8 Å². The second-order valence-electron chi connectivity index (χ2n) is 7.60. The second-order valence-corrected chi connectivity index (χ2v) is 10.3. The van der Waals surface area contributed by atoms with Crippen LogP contribution in [0.25, 0.3) is 0 Å². The number of hydrogen-bond acceptors (Lipinski definition) is 6. The summed E-state index contributed by atoms with van der Waals surface area (Å²) < 4.78 is 70.0. The molecule has 1 rings (SSSR count). The quantitative estimate of drug-likeness (QED) is 0.613. The molecule has 0 saturated carbocycles. The molecule has 0 atom stereocenters. The summed E-state index contributed by atoms with van der Waals surface area (Å²) in [6, 6.07) is 1.46. The first kappa shape index (κ1) is 24.4. The number of anilines is 1. The summed E-state index contributed by atoms with van der Waals surface area (Å²) >= 11 is 0. The molecule has 0 aliphatic carbocycles. The average molecular weight is 428 g/mol. The highest BCUT2D eigenvalue weighted by atomic mass is 32.2. The highest BCUT2D eigenvalue weighted by Gasteiger charge is 2.42. The maximum Gasteiger partial charge on any atom is 0.389 e.